The van der Waals surface area contributed by atoms with Crippen LogP contribution in [0.4, 0.5) is 11.4 Å². The molecule has 0 heterocycles. The van der Waals surface area contributed by atoms with Crippen molar-refractivity contribution in [3.05, 3.63) is 91.0 Å². The van der Waals surface area contributed by atoms with Gasteiger partial charge >= 0.3 is 0 Å². The number of carbonyl (C=O) groups is 2. The van der Waals surface area contributed by atoms with Gasteiger partial charge in [-0.3, -0.25) is 19.7 Å². The normalized spacial score (nSPS) is 10.6. The van der Waals surface area contributed by atoms with E-state index in [9.17, 15) is 19.7 Å². The van der Waals surface area contributed by atoms with Crippen LogP contribution < -0.4 is 20.2 Å². The topological polar surface area (TPSA) is 132 Å². The maximum atomic E-state index is 12.3. The highest BCUT2D eigenvalue weighted by Crippen LogP contribution is 2.34. The maximum Gasteiger partial charge on any atom is 0.271 e. The molecule has 0 spiro atoms. The lowest BCUT2D eigenvalue weighted by Crippen LogP contribution is -2.20. The number of benzene rings is 3. The van der Waals surface area contributed by atoms with Crippen LogP contribution in [0.1, 0.15) is 28.4 Å². The van der Waals surface area contributed by atoms with Crippen LogP contribution in [0.25, 0.3) is 0 Å². The average molecular weight is 602 g/mol. The molecule has 11 heteroatoms. The number of carbonyl (C=O) groups excluding carboxylic acids is 2. The molecule has 0 fully saturated rings. The molecule has 0 atom stereocenters. The smallest absolute Gasteiger partial charge is 0.271 e. The molecule has 36 heavy (non-hydrogen) atoms. The molecule has 0 saturated carbocycles. The molecule has 0 aliphatic rings. The molecule has 10 nitrogen and oxygen atoms in total. The van der Waals surface area contributed by atoms with Crippen LogP contribution in [0.5, 0.6) is 11.5 Å². The number of halogens is 1. The van der Waals surface area contributed by atoms with E-state index in [0.29, 0.717) is 32.9 Å². The number of anilines is 1. The Kier molecular flexibility index (Phi) is 9.33. The standard InChI is InChI=1S/C25H23IN4O6/c1-3-35-22-12-17(14-27-29-25(32)18-5-4-6-20(13-18)30(33)34)11-21(26)24(22)36-15-23(31)28-19-9-7-16(2)8-10-19/h4-14H,3,15H2,1-2H3,(H,28,31)(H,29,32)/b27-14+. The molecule has 0 aliphatic heterocycles. The number of nitrogens with zero attached hydrogens (tertiary/aromatic N) is 2. The summed E-state index contributed by atoms with van der Waals surface area (Å²) in [4.78, 5) is 34.9. The van der Waals surface area contributed by atoms with Crippen LogP contribution in [0.3, 0.4) is 0 Å². The molecule has 3 rings (SSSR count). The first kappa shape index (κ1) is 26.6. The largest absolute Gasteiger partial charge is 0.490 e. The van der Waals surface area contributed by atoms with E-state index in [1.165, 1.54) is 30.5 Å². The molecular weight excluding hydrogens is 579 g/mol. The van der Waals surface area contributed by atoms with E-state index < -0.39 is 10.8 Å². The highest BCUT2D eigenvalue weighted by atomic mass is 127. The number of nitrogens with one attached hydrogen (secondary N) is 2. The third kappa shape index (κ3) is 7.50. The van der Waals surface area contributed by atoms with Gasteiger partial charge in [-0.25, -0.2) is 5.43 Å². The van der Waals surface area contributed by atoms with Crippen LogP contribution >= 0.6 is 22.6 Å². The van der Waals surface area contributed by atoms with E-state index in [0.717, 1.165) is 5.56 Å². The predicted molar refractivity (Wildman–Crippen MR) is 144 cm³/mol. The Balaban J connectivity index is 1.66. The summed E-state index contributed by atoms with van der Waals surface area (Å²) < 4.78 is 12.1. The molecule has 0 aromatic heterocycles. The summed E-state index contributed by atoms with van der Waals surface area (Å²) in [6.45, 7) is 3.94. The lowest BCUT2D eigenvalue weighted by atomic mass is 10.2. The van der Waals surface area contributed by atoms with Crippen molar-refractivity contribution in [3.8, 4) is 11.5 Å². The van der Waals surface area contributed by atoms with E-state index in [-0.39, 0.29) is 23.8 Å². The minimum absolute atomic E-state index is 0.110. The van der Waals surface area contributed by atoms with E-state index in [2.05, 4.69) is 38.4 Å². The van der Waals surface area contributed by atoms with Crippen LogP contribution in [0.2, 0.25) is 0 Å². The van der Waals surface area contributed by atoms with Crippen molar-refractivity contribution in [1.82, 2.24) is 5.43 Å². The van der Waals surface area contributed by atoms with Gasteiger partial charge in [-0.2, -0.15) is 5.10 Å². The third-order valence-electron chi connectivity index (χ3n) is 4.71. The van der Waals surface area contributed by atoms with Crippen molar-refractivity contribution in [2.75, 3.05) is 18.5 Å². The fourth-order valence-electron chi connectivity index (χ4n) is 3.03. The number of non-ortho nitro benzene ring substituents is 1. The van der Waals surface area contributed by atoms with Crippen molar-refractivity contribution in [1.29, 1.82) is 0 Å². The second-order valence-corrected chi connectivity index (χ2v) is 8.63. The van der Waals surface area contributed by atoms with Gasteiger partial charge in [-0.1, -0.05) is 23.8 Å². The minimum atomic E-state index is -0.589. The summed E-state index contributed by atoms with van der Waals surface area (Å²) in [6.07, 6.45) is 1.41. The monoisotopic (exact) mass is 602 g/mol. The van der Waals surface area contributed by atoms with Gasteiger partial charge < -0.3 is 14.8 Å². The summed E-state index contributed by atoms with van der Waals surface area (Å²) in [7, 11) is 0. The van der Waals surface area contributed by atoms with Crippen LogP contribution in [0, 0.1) is 20.6 Å². The Bertz CT molecular complexity index is 1290. The second kappa shape index (κ2) is 12.6. The number of nitro benzene ring substituents is 1. The Morgan fingerprint density at radius 2 is 1.86 bits per heavy atom. The number of rotatable bonds is 10. The Hall–Kier alpha value is -4.00. The zero-order chi connectivity index (χ0) is 26.1. The minimum Gasteiger partial charge on any atom is -0.490 e. The van der Waals surface area contributed by atoms with E-state index in [1.807, 2.05) is 38.1 Å². The molecule has 0 bridgehead atoms. The van der Waals surface area contributed by atoms with Gasteiger partial charge in [0.1, 0.15) is 0 Å². The van der Waals surface area contributed by atoms with Crippen molar-refractivity contribution < 1.29 is 24.0 Å². The van der Waals surface area contributed by atoms with E-state index in [4.69, 9.17) is 9.47 Å². The predicted octanol–water partition coefficient (Wildman–Crippen LogP) is 4.69. The summed E-state index contributed by atoms with van der Waals surface area (Å²) in [5, 5.41) is 17.6. The number of hydrazone groups is 1. The summed E-state index contributed by atoms with van der Waals surface area (Å²) in [5.74, 6) is -0.0749. The van der Waals surface area contributed by atoms with Gasteiger partial charge in [0.25, 0.3) is 17.5 Å². The van der Waals surface area contributed by atoms with Gasteiger partial charge in [0.05, 0.1) is 21.3 Å². The first-order chi connectivity index (χ1) is 17.3. The quantitative estimate of drug-likeness (QED) is 0.150. The van der Waals surface area contributed by atoms with Gasteiger partial charge in [0.2, 0.25) is 0 Å². The number of hydrogen-bond donors (Lipinski definition) is 2. The molecule has 2 N–H and O–H groups in total. The lowest BCUT2D eigenvalue weighted by molar-refractivity contribution is -0.384. The molecule has 0 saturated heterocycles. The van der Waals surface area contributed by atoms with Gasteiger partial charge in [0, 0.05) is 23.4 Å². The zero-order valence-electron chi connectivity index (χ0n) is 19.5. The Morgan fingerprint density at radius 1 is 1.11 bits per heavy atom. The molecule has 0 radical (unpaired) electrons. The Morgan fingerprint density at radius 3 is 2.56 bits per heavy atom. The summed E-state index contributed by atoms with van der Waals surface area (Å²) >= 11 is 2.06. The van der Waals surface area contributed by atoms with Crippen molar-refractivity contribution in [2.24, 2.45) is 5.10 Å². The van der Waals surface area contributed by atoms with Gasteiger partial charge in [0.15, 0.2) is 18.1 Å². The highest BCUT2D eigenvalue weighted by Gasteiger charge is 2.15. The van der Waals surface area contributed by atoms with Gasteiger partial charge in [-0.15, -0.1) is 0 Å². The van der Waals surface area contributed by atoms with E-state index >= 15 is 0 Å². The molecule has 0 aliphatic carbocycles. The number of aryl methyl sites for hydroxylation is 1. The molecular formula is C25H23IN4O6. The number of amides is 2. The fraction of sp³-hybridized carbons (Fsp3) is 0.160. The van der Waals surface area contributed by atoms with Crippen LogP contribution in [-0.4, -0.2) is 36.2 Å². The van der Waals surface area contributed by atoms with Crippen LogP contribution in [0.15, 0.2) is 65.8 Å². The number of ether oxygens (including phenoxy) is 2. The zero-order valence-corrected chi connectivity index (χ0v) is 21.6. The third-order valence-corrected chi connectivity index (χ3v) is 5.51. The number of hydrogen-bond acceptors (Lipinski definition) is 7. The molecule has 3 aromatic carbocycles. The molecule has 0 unspecified atom stereocenters. The summed E-state index contributed by atoms with van der Waals surface area (Å²) in [6, 6.07) is 16.2. The van der Waals surface area contributed by atoms with Crippen molar-refractivity contribution in [2.45, 2.75) is 13.8 Å². The highest BCUT2D eigenvalue weighted by molar-refractivity contribution is 14.1. The van der Waals surface area contributed by atoms with Crippen LogP contribution in [-0.2, 0) is 4.79 Å². The van der Waals surface area contributed by atoms with Gasteiger partial charge in [-0.05, 0) is 72.3 Å². The SMILES string of the molecule is CCOc1cc(/C=N/NC(=O)c2cccc([N+](=O)[O-])c2)cc(I)c1OCC(=O)Nc1ccc(C)cc1. The van der Waals surface area contributed by atoms with E-state index in [1.54, 1.807) is 12.1 Å². The first-order valence-corrected chi connectivity index (χ1v) is 11.9. The lowest BCUT2D eigenvalue weighted by Gasteiger charge is -2.14. The molecule has 2 amide bonds. The Labute approximate surface area is 221 Å². The number of nitro groups is 1. The summed E-state index contributed by atoms with van der Waals surface area (Å²) in [5.41, 5.74) is 4.64. The molecule has 3 aromatic rings. The van der Waals surface area contributed by atoms with Crippen molar-refractivity contribution in [3.63, 3.8) is 0 Å². The molecule has 186 valence electrons. The average Bonchev–Trinajstić information content (AvgIpc) is 2.85. The maximum absolute atomic E-state index is 12.3. The van der Waals surface area contributed by atoms with Crippen molar-refractivity contribution >= 4 is 52.0 Å². The second-order valence-electron chi connectivity index (χ2n) is 7.47. The fourth-order valence-corrected chi connectivity index (χ4v) is 3.81. The first-order valence-electron chi connectivity index (χ1n) is 10.8.